The van der Waals surface area contributed by atoms with Crippen molar-refractivity contribution in [1.29, 1.82) is 0 Å². The zero-order valence-corrected chi connectivity index (χ0v) is 13.1. The van der Waals surface area contributed by atoms with Crippen LogP contribution in [0.4, 0.5) is 0 Å². The first kappa shape index (κ1) is 16.0. The van der Waals surface area contributed by atoms with Crippen LogP contribution in [0.15, 0.2) is 0 Å². The van der Waals surface area contributed by atoms with Gasteiger partial charge in [-0.25, -0.2) is 0 Å². The summed E-state index contributed by atoms with van der Waals surface area (Å²) in [5.41, 5.74) is -0.783. The van der Waals surface area contributed by atoms with Crippen molar-refractivity contribution in [2.24, 2.45) is 5.92 Å². The highest BCUT2D eigenvalue weighted by molar-refractivity contribution is 5.99. The van der Waals surface area contributed by atoms with Crippen LogP contribution in [0.1, 0.15) is 60.8 Å². The Bertz CT molecular complexity index is 350. The summed E-state index contributed by atoms with van der Waals surface area (Å²) >= 11 is 0. The van der Waals surface area contributed by atoms with E-state index in [1.807, 2.05) is 6.92 Å². The molecule has 0 spiro atoms. The van der Waals surface area contributed by atoms with Gasteiger partial charge in [0.2, 0.25) is 11.8 Å². The Hall–Kier alpha value is -1.06. The van der Waals surface area contributed by atoms with Gasteiger partial charge in [0.25, 0.3) is 0 Å². The second kappa shape index (κ2) is 5.93. The standard InChI is InChI=1S/C15H28N2O2/c1-7-12-13(18)16-15(5,6)14(19)17(12)11(4)9-8-10(2)3/h10-12H,7-9H2,1-6H3,(H,16,18). The second-order valence-corrected chi connectivity index (χ2v) is 6.57. The summed E-state index contributed by atoms with van der Waals surface area (Å²) in [7, 11) is 0. The molecule has 1 fully saturated rings. The molecule has 0 saturated carbocycles. The zero-order valence-electron chi connectivity index (χ0n) is 13.1. The molecule has 1 heterocycles. The van der Waals surface area contributed by atoms with E-state index in [4.69, 9.17) is 0 Å². The summed E-state index contributed by atoms with van der Waals surface area (Å²) in [6.45, 7) is 11.9. The van der Waals surface area contributed by atoms with Gasteiger partial charge in [0, 0.05) is 6.04 Å². The van der Waals surface area contributed by atoms with Crippen molar-refractivity contribution in [3.8, 4) is 0 Å². The van der Waals surface area contributed by atoms with Crippen LogP contribution >= 0.6 is 0 Å². The van der Waals surface area contributed by atoms with Crippen LogP contribution in [0.25, 0.3) is 0 Å². The van der Waals surface area contributed by atoms with Crippen LogP contribution in [-0.2, 0) is 9.59 Å². The molecule has 19 heavy (non-hydrogen) atoms. The Morgan fingerprint density at radius 3 is 2.26 bits per heavy atom. The van der Waals surface area contributed by atoms with Crippen LogP contribution in [0.2, 0.25) is 0 Å². The third-order valence-electron chi connectivity index (χ3n) is 3.87. The van der Waals surface area contributed by atoms with E-state index in [9.17, 15) is 9.59 Å². The molecule has 4 nitrogen and oxygen atoms in total. The lowest BCUT2D eigenvalue weighted by Gasteiger charge is -2.45. The van der Waals surface area contributed by atoms with E-state index in [2.05, 4.69) is 26.1 Å². The maximum Gasteiger partial charge on any atom is 0.248 e. The van der Waals surface area contributed by atoms with E-state index in [0.717, 1.165) is 12.8 Å². The topological polar surface area (TPSA) is 49.4 Å². The predicted octanol–water partition coefficient (Wildman–Crippen LogP) is 2.33. The van der Waals surface area contributed by atoms with Gasteiger partial charge in [-0.15, -0.1) is 0 Å². The van der Waals surface area contributed by atoms with Crippen LogP contribution in [0.3, 0.4) is 0 Å². The van der Waals surface area contributed by atoms with Crippen LogP contribution in [0, 0.1) is 5.92 Å². The molecule has 4 heteroatoms. The van der Waals surface area contributed by atoms with Crippen LogP contribution in [-0.4, -0.2) is 34.3 Å². The molecule has 110 valence electrons. The number of piperazine rings is 1. The van der Waals surface area contributed by atoms with Crippen molar-refractivity contribution in [2.75, 3.05) is 0 Å². The number of rotatable bonds is 5. The average Bonchev–Trinajstić information content (AvgIpc) is 2.29. The minimum atomic E-state index is -0.783. The largest absolute Gasteiger partial charge is 0.340 e. The molecular formula is C15H28N2O2. The number of hydrogen-bond acceptors (Lipinski definition) is 2. The number of hydrogen-bond donors (Lipinski definition) is 1. The minimum Gasteiger partial charge on any atom is -0.340 e. The highest BCUT2D eigenvalue weighted by Gasteiger charge is 2.45. The fourth-order valence-corrected chi connectivity index (χ4v) is 2.64. The summed E-state index contributed by atoms with van der Waals surface area (Å²) in [6, 6.07) is -0.201. The SMILES string of the molecule is CCC1C(=O)NC(C)(C)C(=O)N1C(C)CCC(C)C. The van der Waals surface area contributed by atoms with E-state index >= 15 is 0 Å². The third-order valence-corrected chi connectivity index (χ3v) is 3.87. The van der Waals surface area contributed by atoms with Crippen LogP contribution < -0.4 is 5.32 Å². The summed E-state index contributed by atoms with van der Waals surface area (Å²) < 4.78 is 0. The van der Waals surface area contributed by atoms with E-state index in [-0.39, 0.29) is 23.9 Å². The number of carbonyl (C=O) groups excluding carboxylic acids is 2. The Balaban J connectivity index is 2.90. The summed E-state index contributed by atoms with van der Waals surface area (Å²) in [4.78, 5) is 26.5. The summed E-state index contributed by atoms with van der Waals surface area (Å²) in [5, 5.41) is 2.83. The summed E-state index contributed by atoms with van der Waals surface area (Å²) in [5.74, 6) is 0.628. The zero-order chi connectivity index (χ0) is 14.8. The fourth-order valence-electron chi connectivity index (χ4n) is 2.64. The molecule has 0 aromatic carbocycles. The molecular weight excluding hydrogens is 240 g/mol. The number of carbonyl (C=O) groups is 2. The summed E-state index contributed by atoms with van der Waals surface area (Å²) in [6.07, 6.45) is 2.69. The third kappa shape index (κ3) is 3.48. The van der Waals surface area contributed by atoms with Crippen molar-refractivity contribution in [1.82, 2.24) is 10.2 Å². The molecule has 0 aromatic rings. The highest BCUT2D eigenvalue weighted by atomic mass is 16.2. The minimum absolute atomic E-state index is 0.0245. The van der Waals surface area contributed by atoms with E-state index in [1.165, 1.54) is 0 Å². The van der Waals surface area contributed by atoms with Gasteiger partial charge in [0.1, 0.15) is 11.6 Å². The maximum absolute atomic E-state index is 12.6. The van der Waals surface area contributed by atoms with Gasteiger partial charge in [0.05, 0.1) is 0 Å². The van der Waals surface area contributed by atoms with Gasteiger partial charge in [-0.2, -0.15) is 0 Å². The van der Waals surface area contributed by atoms with Crippen LogP contribution in [0.5, 0.6) is 0 Å². The first-order valence-corrected chi connectivity index (χ1v) is 7.35. The number of nitrogens with one attached hydrogen (secondary N) is 1. The highest BCUT2D eigenvalue weighted by Crippen LogP contribution is 2.24. The first-order valence-electron chi connectivity index (χ1n) is 7.35. The molecule has 1 saturated heterocycles. The van der Waals surface area contributed by atoms with Gasteiger partial charge in [-0.3, -0.25) is 9.59 Å². The Labute approximate surface area is 116 Å². The van der Waals surface area contributed by atoms with E-state index in [0.29, 0.717) is 12.3 Å². The number of amides is 2. The average molecular weight is 268 g/mol. The van der Waals surface area contributed by atoms with Crippen molar-refractivity contribution >= 4 is 11.8 Å². The molecule has 2 atom stereocenters. The van der Waals surface area contributed by atoms with Gasteiger partial charge in [0.15, 0.2) is 0 Å². The molecule has 0 aromatic heterocycles. The Morgan fingerprint density at radius 1 is 1.21 bits per heavy atom. The molecule has 0 aliphatic carbocycles. The van der Waals surface area contributed by atoms with Gasteiger partial charge in [-0.1, -0.05) is 20.8 Å². The van der Waals surface area contributed by atoms with Crippen molar-refractivity contribution in [3.05, 3.63) is 0 Å². The predicted molar refractivity (Wildman–Crippen MR) is 76.7 cm³/mol. The lowest BCUT2D eigenvalue weighted by molar-refractivity contribution is -0.156. The Kier molecular flexibility index (Phi) is 4.99. The molecule has 0 bridgehead atoms. The quantitative estimate of drug-likeness (QED) is 0.832. The van der Waals surface area contributed by atoms with E-state index < -0.39 is 5.54 Å². The fraction of sp³-hybridized carbons (Fsp3) is 0.867. The second-order valence-electron chi connectivity index (χ2n) is 6.57. The molecule has 1 rings (SSSR count). The van der Waals surface area contributed by atoms with Gasteiger partial charge < -0.3 is 10.2 Å². The lowest BCUT2D eigenvalue weighted by atomic mass is 9.92. The van der Waals surface area contributed by atoms with Crippen molar-refractivity contribution in [2.45, 2.75) is 78.4 Å². The first-order chi connectivity index (χ1) is 8.70. The smallest absolute Gasteiger partial charge is 0.248 e. The van der Waals surface area contributed by atoms with Crippen molar-refractivity contribution in [3.63, 3.8) is 0 Å². The molecule has 1 aliphatic rings. The van der Waals surface area contributed by atoms with Gasteiger partial charge >= 0.3 is 0 Å². The van der Waals surface area contributed by atoms with Crippen molar-refractivity contribution < 1.29 is 9.59 Å². The molecule has 0 radical (unpaired) electrons. The normalized spacial score (nSPS) is 24.6. The Morgan fingerprint density at radius 2 is 1.79 bits per heavy atom. The molecule has 1 N–H and O–H groups in total. The molecule has 2 unspecified atom stereocenters. The lowest BCUT2D eigenvalue weighted by Crippen LogP contribution is -2.69. The number of nitrogens with zero attached hydrogens (tertiary/aromatic N) is 1. The van der Waals surface area contributed by atoms with Gasteiger partial charge in [-0.05, 0) is 46.0 Å². The maximum atomic E-state index is 12.6. The van der Waals surface area contributed by atoms with E-state index in [1.54, 1.807) is 18.7 Å². The monoisotopic (exact) mass is 268 g/mol. The molecule has 2 amide bonds. The molecule has 1 aliphatic heterocycles.